The van der Waals surface area contributed by atoms with Gasteiger partial charge in [0, 0.05) is 24.4 Å². The van der Waals surface area contributed by atoms with Crippen molar-refractivity contribution in [2.45, 2.75) is 26.4 Å². The van der Waals surface area contributed by atoms with Gasteiger partial charge in [0.05, 0.1) is 12.7 Å². The summed E-state index contributed by atoms with van der Waals surface area (Å²) in [5.74, 6) is -0.348. The number of nitrogens with two attached hydrogens (primary N) is 1. The summed E-state index contributed by atoms with van der Waals surface area (Å²) in [6.45, 7) is 4.18. The molecule has 19 heavy (non-hydrogen) atoms. The molecule has 0 amide bonds. The van der Waals surface area contributed by atoms with Gasteiger partial charge in [0.2, 0.25) is 0 Å². The van der Waals surface area contributed by atoms with Gasteiger partial charge < -0.3 is 15.2 Å². The van der Waals surface area contributed by atoms with Gasteiger partial charge in [0.1, 0.15) is 0 Å². The molecule has 2 N–H and O–H groups in total. The molecule has 0 fully saturated rings. The monoisotopic (exact) mass is 263 g/mol. The van der Waals surface area contributed by atoms with Crippen LogP contribution in [-0.4, -0.2) is 19.7 Å². The number of anilines is 1. The van der Waals surface area contributed by atoms with E-state index in [1.54, 1.807) is 20.1 Å². The van der Waals surface area contributed by atoms with Crippen molar-refractivity contribution in [2.24, 2.45) is 0 Å². The van der Waals surface area contributed by atoms with Crippen LogP contribution in [0.2, 0.25) is 0 Å². The average molecular weight is 263 g/mol. The molecule has 4 nitrogen and oxygen atoms in total. The van der Waals surface area contributed by atoms with Crippen LogP contribution < -0.4 is 5.73 Å². The second-order valence-corrected chi connectivity index (χ2v) is 4.11. The largest absolute Gasteiger partial charge is 0.463 e. The van der Waals surface area contributed by atoms with Gasteiger partial charge in [-0.25, -0.2) is 4.79 Å². The first kappa shape index (κ1) is 15.2. The Morgan fingerprint density at radius 1 is 1.42 bits per heavy atom. The highest BCUT2D eigenvalue weighted by molar-refractivity contribution is 5.87. The standard InChI is InChI=1S/C15H21NO3/c1-4-14(18-3)12-10-11(6-8-13(12)16)7-9-15(17)19-5-2/h6-10,14H,4-5,16H2,1-3H3/b9-7+. The summed E-state index contributed by atoms with van der Waals surface area (Å²) in [7, 11) is 1.66. The van der Waals surface area contributed by atoms with Crippen LogP contribution >= 0.6 is 0 Å². The van der Waals surface area contributed by atoms with Crippen LogP contribution in [0.25, 0.3) is 6.08 Å². The predicted molar refractivity (Wildman–Crippen MR) is 76.6 cm³/mol. The average Bonchev–Trinajstić information content (AvgIpc) is 2.41. The Bertz CT molecular complexity index is 451. The summed E-state index contributed by atoms with van der Waals surface area (Å²) in [6, 6.07) is 5.61. The number of carbonyl (C=O) groups is 1. The van der Waals surface area contributed by atoms with Crippen molar-refractivity contribution in [2.75, 3.05) is 19.5 Å². The van der Waals surface area contributed by atoms with E-state index in [2.05, 4.69) is 0 Å². The van der Waals surface area contributed by atoms with Crippen molar-refractivity contribution in [1.29, 1.82) is 0 Å². The van der Waals surface area contributed by atoms with E-state index in [1.165, 1.54) is 6.08 Å². The van der Waals surface area contributed by atoms with E-state index in [0.717, 1.165) is 17.5 Å². The zero-order valence-corrected chi connectivity index (χ0v) is 11.7. The van der Waals surface area contributed by atoms with Crippen molar-refractivity contribution >= 4 is 17.7 Å². The molecule has 0 aliphatic carbocycles. The first-order valence-electron chi connectivity index (χ1n) is 6.39. The highest BCUT2D eigenvalue weighted by atomic mass is 16.5. The van der Waals surface area contributed by atoms with Crippen molar-refractivity contribution in [3.8, 4) is 0 Å². The summed E-state index contributed by atoms with van der Waals surface area (Å²) in [5.41, 5.74) is 8.48. The van der Waals surface area contributed by atoms with Gasteiger partial charge in [0.25, 0.3) is 0 Å². The molecule has 0 bridgehead atoms. The van der Waals surface area contributed by atoms with E-state index < -0.39 is 0 Å². The third-order valence-corrected chi connectivity index (χ3v) is 2.81. The second-order valence-electron chi connectivity index (χ2n) is 4.11. The molecule has 1 unspecified atom stereocenters. The summed E-state index contributed by atoms with van der Waals surface area (Å²) < 4.78 is 10.2. The number of hydrogen-bond acceptors (Lipinski definition) is 4. The maximum Gasteiger partial charge on any atom is 0.330 e. The lowest BCUT2D eigenvalue weighted by molar-refractivity contribution is -0.137. The lowest BCUT2D eigenvalue weighted by Crippen LogP contribution is -2.04. The van der Waals surface area contributed by atoms with Crippen LogP contribution in [0.5, 0.6) is 0 Å². The molecule has 1 aromatic carbocycles. The Kier molecular flexibility index (Phi) is 6.09. The topological polar surface area (TPSA) is 61.5 Å². The van der Waals surface area contributed by atoms with Crippen LogP contribution in [0, 0.1) is 0 Å². The molecule has 0 aromatic heterocycles. The van der Waals surface area contributed by atoms with Gasteiger partial charge in [-0.1, -0.05) is 13.0 Å². The number of methoxy groups -OCH3 is 1. The fourth-order valence-electron chi connectivity index (χ4n) is 1.84. The Balaban J connectivity index is 2.92. The van der Waals surface area contributed by atoms with Crippen molar-refractivity contribution < 1.29 is 14.3 Å². The van der Waals surface area contributed by atoms with E-state index in [4.69, 9.17) is 15.2 Å². The highest BCUT2D eigenvalue weighted by Gasteiger charge is 2.11. The Morgan fingerprint density at radius 2 is 2.16 bits per heavy atom. The molecule has 0 heterocycles. The molecule has 0 aliphatic rings. The Morgan fingerprint density at radius 3 is 2.74 bits per heavy atom. The van der Waals surface area contributed by atoms with Gasteiger partial charge in [0.15, 0.2) is 0 Å². The van der Waals surface area contributed by atoms with Crippen molar-refractivity contribution in [3.05, 3.63) is 35.4 Å². The normalized spacial score (nSPS) is 12.6. The highest BCUT2D eigenvalue weighted by Crippen LogP contribution is 2.27. The van der Waals surface area contributed by atoms with Gasteiger partial charge in [-0.15, -0.1) is 0 Å². The lowest BCUT2D eigenvalue weighted by Gasteiger charge is -2.16. The number of esters is 1. The molecule has 0 saturated carbocycles. The Hall–Kier alpha value is -1.81. The molecule has 0 radical (unpaired) electrons. The zero-order chi connectivity index (χ0) is 14.3. The fourth-order valence-corrected chi connectivity index (χ4v) is 1.84. The maximum absolute atomic E-state index is 11.3. The molecular weight excluding hydrogens is 242 g/mol. The summed E-state index contributed by atoms with van der Waals surface area (Å²) in [4.78, 5) is 11.3. The number of ether oxygens (including phenoxy) is 2. The summed E-state index contributed by atoms with van der Waals surface area (Å²) >= 11 is 0. The van der Waals surface area contributed by atoms with Gasteiger partial charge in [-0.05, 0) is 37.1 Å². The zero-order valence-electron chi connectivity index (χ0n) is 11.7. The third kappa shape index (κ3) is 4.41. The van der Waals surface area contributed by atoms with E-state index in [-0.39, 0.29) is 12.1 Å². The number of nitrogen functional groups attached to an aromatic ring is 1. The van der Waals surface area contributed by atoms with E-state index >= 15 is 0 Å². The quantitative estimate of drug-likeness (QED) is 0.487. The van der Waals surface area contributed by atoms with E-state index in [1.807, 2.05) is 25.1 Å². The minimum atomic E-state index is -0.348. The smallest absolute Gasteiger partial charge is 0.330 e. The van der Waals surface area contributed by atoms with Crippen LogP contribution in [0.4, 0.5) is 5.69 Å². The van der Waals surface area contributed by atoms with E-state index in [9.17, 15) is 4.79 Å². The summed E-state index contributed by atoms with van der Waals surface area (Å²) in [6.07, 6.45) is 3.93. The maximum atomic E-state index is 11.3. The van der Waals surface area contributed by atoms with Gasteiger partial charge in [-0.2, -0.15) is 0 Å². The SMILES string of the molecule is CCOC(=O)/C=C/c1ccc(N)c(C(CC)OC)c1. The molecule has 1 atom stereocenters. The molecule has 1 rings (SSSR count). The molecule has 1 aromatic rings. The van der Waals surface area contributed by atoms with Gasteiger partial charge in [-0.3, -0.25) is 0 Å². The molecule has 4 heteroatoms. The van der Waals surface area contributed by atoms with Crippen molar-refractivity contribution in [3.63, 3.8) is 0 Å². The van der Waals surface area contributed by atoms with Crippen LogP contribution in [0.15, 0.2) is 24.3 Å². The van der Waals surface area contributed by atoms with Gasteiger partial charge >= 0.3 is 5.97 Å². The minimum Gasteiger partial charge on any atom is -0.463 e. The Labute approximate surface area is 114 Å². The number of rotatable bonds is 6. The first-order chi connectivity index (χ1) is 9.12. The number of carbonyl (C=O) groups excluding carboxylic acids is 1. The third-order valence-electron chi connectivity index (χ3n) is 2.81. The predicted octanol–water partition coefficient (Wildman–Crippen LogP) is 2.94. The number of benzene rings is 1. The summed E-state index contributed by atoms with van der Waals surface area (Å²) in [5, 5.41) is 0. The lowest BCUT2D eigenvalue weighted by atomic mass is 10.0. The van der Waals surface area contributed by atoms with E-state index in [0.29, 0.717) is 12.3 Å². The minimum absolute atomic E-state index is 0.0315. The van der Waals surface area contributed by atoms with Crippen molar-refractivity contribution in [1.82, 2.24) is 0 Å². The molecule has 0 saturated heterocycles. The molecular formula is C15H21NO3. The molecule has 0 aliphatic heterocycles. The van der Waals surface area contributed by atoms with Crippen LogP contribution in [-0.2, 0) is 14.3 Å². The number of hydrogen-bond donors (Lipinski definition) is 1. The fraction of sp³-hybridized carbons (Fsp3) is 0.400. The van der Waals surface area contributed by atoms with Crippen LogP contribution in [0.3, 0.4) is 0 Å². The molecule has 104 valence electrons. The second kappa shape index (κ2) is 7.59. The molecule has 0 spiro atoms. The van der Waals surface area contributed by atoms with Crippen LogP contribution in [0.1, 0.15) is 37.5 Å². The first-order valence-corrected chi connectivity index (χ1v) is 6.39.